The van der Waals surface area contributed by atoms with Gasteiger partial charge in [0.05, 0.1) is 29.0 Å². The van der Waals surface area contributed by atoms with E-state index in [1.54, 1.807) is 6.07 Å². The number of carbonyl (C=O) groups is 1. The molecule has 1 amide bonds. The number of aryl methyl sites for hydroxylation is 1. The second-order valence-corrected chi connectivity index (χ2v) is 7.19. The molecule has 0 atom stereocenters. The van der Waals surface area contributed by atoms with Crippen LogP contribution in [0.3, 0.4) is 0 Å². The van der Waals surface area contributed by atoms with Crippen LogP contribution in [0, 0.1) is 6.92 Å². The topological polar surface area (TPSA) is 88.7 Å². The number of nitrogens with one attached hydrogen (secondary N) is 2. The zero-order valence-corrected chi connectivity index (χ0v) is 15.4. The average molecular weight is 364 g/mol. The van der Waals surface area contributed by atoms with Gasteiger partial charge in [-0.1, -0.05) is 35.9 Å². The van der Waals surface area contributed by atoms with Gasteiger partial charge in [0, 0.05) is 26.1 Å². The van der Waals surface area contributed by atoms with Gasteiger partial charge in [0.1, 0.15) is 5.84 Å². The molecule has 0 bridgehead atoms. The highest BCUT2D eigenvalue weighted by Gasteiger charge is 2.42. The number of amides is 1. The van der Waals surface area contributed by atoms with E-state index in [0.29, 0.717) is 31.0 Å². The molecule has 2 aromatic rings. The number of anilines is 2. The largest absolute Gasteiger partial charge is 0.381 e. The number of amidine groups is 1. The lowest BCUT2D eigenvalue weighted by Gasteiger charge is -2.44. The van der Waals surface area contributed by atoms with E-state index in [-0.39, 0.29) is 5.54 Å². The van der Waals surface area contributed by atoms with Crippen LogP contribution in [0.25, 0.3) is 0 Å². The minimum absolute atomic E-state index is 0.314. The summed E-state index contributed by atoms with van der Waals surface area (Å²) in [6.45, 7) is 3.99. The van der Waals surface area contributed by atoms with Gasteiger partial charge < -0.3 is 21.1 Å². The van der Waals surface area contributed by atoms with Crippen molar-refractivity contribution >= 4 is 23.1 Å². The Labute approximate surface area is 158 Å². The third-order valence-electron chi connectivity index (χ3n) is 5.25. The third-order valence-corrected chi connectivity index (χ3v) is 5.25. The second kappa shape index (κ2) is 7.04. The van der Waals surface area contributed by atoms with Gasteiger partial charge in [0.25, 0.3) is 5.91 Å². The van der Waals surface area contributed by atoms with Crippen LogP contribution in [0.1, 0.15) is 34.3 Å². The van der Waals surface area contributed by atoms with Crippen molar-refractivity contribution in [1.29, 1.82) is 0 Å². The Kier molecular flexibility index (Phi) is 4.58. The molecule has 0 aromatic heterocycles. The number of rotatable bonds is 3. The van der Waals surface area contributed by atoms with Crippen LogP contribution < -0.4 is 16.4 Å². The normalized spacial score (nSPS) is 19.2. The fourth-order valence-corrected chi connectivity index (χ4v) is 3.80. The number of hydrogen-bond donors (Lipinski definition) is 3. The van der Waals surface area contributed by atoms with E-state index < -0.39 is 5.91 Å². The predicted octanol–water partition coefficient (Wildman–Crippen LogP) is 3.08. The summed E-state index contributed by atoms with van der Waals surface area (Å²) < 4.78 is 5.58. The first-order chi connectivity index (χ1) is 13.1. The van der Waals surface area contributed by atoms with E-state index in [2.05, 4.69) is 35.8 Å². The van der Waals surface area contributed by atoms with Gasteiger partial charge in [-0.05, 0) is 24.6 Å². The summed E-state index contributed by atoms with van der Waals surface area (Å²) in [5.41, 5.74) is 9.66. The van der Waals surface area contributed by atoms with Crippen molar-refractivity contribution in [2.75, 3.05) is 23.8 Å². The number of para-hydroxylation sites is 1. The quantitative estimate of drug-likeness (QED) is 0.781. The number of primary amides is 1. The summed E-state index contributed by atoms with van der Waals surface area (Å²) in [4.78, 5) is 16.8. The number of aliphatic imine (C=N–C) groups is 1. The first kappa shape index (κ1) is 17.5. The Balaban J connectivity index is 1.73. The molecule has 4 N–H and O–H groups in total. The van der Waals surface area contributed by atoms with Crippen molar-refractivity contribution in [2.24, 2.45) is 10.7 Å². The van der Waals surface area contributed by atoms with Crippen LogP contribution in [0.2, 0.25) is 0 Å². The molecule has 2 aromatic carbocycles. The molecule has 1 saturated heterocycles. The smallest absolute Gasteiger partial charge is 0.250 e. The number of hydrogen-bond acceptors (Lipinski definition) is 4. The molecule has 6 nitrogen and oxygen atoms in total. The van der Waals surface area contributed by atoms with E-state index in [0.717, 1.165) is 29.9 Å². The molecular formula is C21H24N4O2. The van der Waals surface area contributed by atoms with E-state index in [1.165, 1.54) is 5.56 Å². The van der Waals surface area contributed by atoms with Crippen molar-refractivity contribution in [3.63, 3.8) is 0 Å². The number of nitrogens with zero attached hydrogens (tertiary/aromatic N) is 1. The average Bonchev–Trinajstić information content (AvgIpc) is 2.66. The Morgan fingerprint density at radius 2 is 2.00 bits per heavy atom. The molecule has 27 heavy (non-hydrogen) atoms. The summed E-state index contributed by atoms with van der Waals surface area (Å²) in [6, 6.07) is 13.9. The molecule has 0 saturated carbocycles. The summed E-state index contributed by atoms with van der Waals surface area (Å²) >= 11 is 0. The zero-order chi connectivity index (χ0) is 18.9. The standard InChI is InChI=1S/C21H24N4O2/c1-14-4-2-5-15(12-14)13-23-20-21(8-10-27-11-9-21)25-17-7-3-6-16(19(22)26)18(17)24-20/h2-7,12,25H,8-11,13H2,1H3,(H2,22,26)(H,23,24). The van der Waals surface area contributed by atoms with Gasteiger partial charge in [0.2, 0.25) is 0 Å². The monoisotopic (exact) mass is 364 g/mol. The molecule has 4 rings (SSSR count). The summed E-state index contributed by atoms with van der Waals surface area (Å²) in [5, 5.41) is 7.05. The molecule has 6 heteroatoms. The maximum Gasteiger partial charge on any atom is 0.250 e. The van der Waals surface area contributed by atoms with Gasteiger partial charge in [0.15, 0.2) is 0 Å². The first-order valence-electron chi connectivity index (χ1n) is 9.24. The Morgan fingerprint density at radius 1 is 1.22 bits per heavy atom. The van der Waals surface area contributed by atoms with Crippen LogP contribution in [-0.4, -0.2) is 30.5 Å². The van der Waals surface area contributed by atoms with Crippen molar-refractivity contribution in [1.82, 2.24) is 0 Å². The highest BCUT2D eigenvalue weighted by molar-refractivity contribution is 6.14. The van der Waals surface area contributed by atoms with Crippen LogP contribution in [0.4, 0.5) is 11.4 Å². The number of carbonyl (C=O) groups excluding carboxylic acids is 1. The van der Waals surface area contributed by atoms with Gasteiger partial charge in [-0.25, -0.2) is 0 Å². The predicted molar refractivity (Wildman–Crippen MR) is 107 cm³/mol. The van der Waals surface area contributed by atoms with Gasteiger partial charge in [-0.3, -0.25) is 9.79 Å². The SMILES string of the molecule is Cc1cccc(CN=C2Nc3c(cccc3C(N)=O)NC23CCOCC3)c1. The lowest BCUT2D eigenvalue weighted by molar-refractivity contribution is 0.0778. The maximum atomic E-state index is 11.9. The molecular weight excluding hydrogens is 340 g/mol. The Morgan fingerprint density at radius 3 is 2.74 bits per heavy atom. The summed E-state index contributed by atoms with van der Waals surface area (Å²) in [6.07, 6.45) is 1.62. The molecule has 0 aliphatic carbocycles. The van der Waals surface area contributed by atoms with Gasteiger partial charge >= 0.3 is 0 Å². The van der Waals surface area contributed by atoms with E-state index >= 15 is 0 Å². The van der Waals surface area contributed by atoms with Crippen LogP contribution in [0.5, 0.6) is 0 Å². The van der Waals surface area contributed by atoms with Crippen molar-refractivity contribution in [3.05, 3.63) is 59.2 Å². The molecule has 1 fully saturated rings. The second-order valence-electron chi connectivity index (χ2n) is 7.19. The molecule has 1 spiro atoms. The number of ether oxygens (including phenoxy) is 1. The Bertz CT molecular complexity index is 901. The fourth-order valence-electron chi connectivity index (χ4n) is 3.80. The highest BCUT2D eigenvalue weighted by atomic mass is 16.5. The van der Waals surface area contributed by atoms with E-state index in [4.69, 9.17) is 15.5 Å². The first-order valence-corrected chi connectivity index (χ1v) is 9.24. The maximum absolute atomic E-state index is 11.9. The van der Waals surface area contributed by atoms with Gasteiger partial charge in [-0.2, -0.15) is 0 Å². The highest BCUT2D eigenvalue weighted by Crippen LogP contribution is 2.38. The zero-order valence-electron chi connectivity index (χ0n) is 15.4. The van der Waals surface area contributed by atoms with E-state index in [9.17, 15) is 4.79 Å². The van der Waals surface area contributed by atoms with E-state index in [1.807, 2.05) is 18.2 Å². The minimum Gasteiger partial charge on any atom is -0.381 e. The third kappa shape index (κ3) is 3.40. The summed E-state index contributed by atoms with van der Waals surface area (Å²) in [5.74, 6) is 0.385. The lowest BCUT2D eigenvalue weighted by atomic mass is 9.85. The van der Waals surface area contributed by atoms with Crippen LogP contribution in [-0.2, 0) is 11.3 Å². The van der Waals surface area contributed by atoms with Gasteiger partial charge in [-0.15, -0.1) is 0 Å². The Hall–Kier alpha value is -2.86. The summed E-state index contributed by atoms with van der Waals surface area (Å²) in [7, 11) is 0. The molecule has 2 aliphatic heterocycles. The fraction of sp³-hybridized carbons (Fsp3) is 0.333. The number of fused-ring (bicyclic) bond motifs is 1. The molecule has 0 radical (unpaired) electrons. The molecule has 140 valence electrons. The van der Waals surface area contributed by atoms with Crippen LogP contribution >= 0.6 is 0 Å². The van der Waals surface area contributed by atoms with Crippen molar-refractivity contribution in [2.45, 2.75) is 31.8 Å². The molecule has 0 unspecified atom stereocenters. The van der Waals surface area contributed by atoms with Crippen molar-refractivity contribution in [3.8, 4) is 0 Å². The van der Waals surface area contributed by atoms with Crippen molar-refractivity contribution < 1.29 is 9.53 Å². The number of benzene rings is 2. The number of nitrogens with two attached hydrogens (primary N) is 1. The van der Waals surface area contributed by atoms with Crippen LogP contribution in [0.15, 0.2) is 47.5 Å². The molecule has 2 aliphatic rings. The molecule has 2 heterocycles. The minimum atomic E-state index is -0.456. The lowest BCUT2D eigenvalue weighted by Crippen LogP contribution is -2.56.